The maximum atomic E-state index is 10.6. The lowest BCUT2D eigenvalue weighted by molar-refractivity contribution is 0.0491. The first kappa shape index (κ1) is 13.4. The Morgan fingerprint density at radius 3 is 2.39 bits per heavy atom. The van der Waals surface area contributed by atoms with Gasteiger partial charge in [0.1, 0.15) is 5.60 Å². The van der Waals surface area contributed by atoms with Crippen molar-refractivity contribution in [1.29, 1.82) is 0 Å². The molecule has 0 radical (unpaired) electrons. The van der Waals surface area contributed by atoms with Gasteiger partial charge in [-0.15, -0.1) is 0 Å². The van der Waals surface area contributed by atoms with Crippen LogP contribution in [0.5, 0.6) is 0 Å². The highest BCUT2D eigenvalue weighted by atomic mass is 35.5. The fraction of sp³-hybridized carbons (Fsp3) is 0.308. The smallest absolute Gasteiger partial charge is 0.109 e. The molecule has 1 aromatic carbocycles. The third kappa shape index (κ3) is 2.69. The lowest BCUT2D eigenvalue weighted by Gasteiger charge is -2.24. The van der Waals surface area contributed by atoms with Crippen LogP contribution in [0.4, 0.5) is 0 Å². The number of aliphatic hydroxyl groups is 1. The number of rotatable bonds is 3. The molecule has 0 aliphatic heterocycles. The Balaban J connectivity index is 2.29. The lowest BCUT2D eigenvalue weighted by atomic mass is 9.93. The molecule has 2 rings (SSSR count). The van der Waals surface area contributed by atoms with Gasteiger partial charge in [-0.25, -0.2) is 0 Å². The Bertz CT molecular complexity index is 527. The molecule has 18 heavy (non-hydrogen) atoms. The van der Waals surface area contributed by atoms with Gasteiger partial charge in [-0.3, -0.25) is 4.68 Å². The van der Waals surface area contributed by atoms with E-state index in [1.54, 1.807) is 30.8 Å². The van der Waals surface area contributed by atoms with Crippen molar-refractivity contribution in [2.45, 2.75) is 18.9 Å². The topological polar surface area (TPSA) is 38.0 Å². The highest BCUT2D eigenvalue weighted by molar-refractivity contribution is 6.31. The van der Waals surface area contributed by atoms with Crippen molar-refractivity contribution in [3.8, 4) is 0 Å². The van der Waals surface area contributed by atoms with Crippen LogP contribution >= 0.6 is 23.2 Å². The first-order valence-electron chi connectivity index (χ1n) is 5.55. The van der Waals surface area contributed by atoms with E-state index in [2.05, 4.69) is 5.10 Å². The number of aryl methyl sites for hydroxylation is 1. The van der Waals surface area contributed by atoms with Crippen LogP contribution in [0.3, 0.4) is 0 Å². The highest BCUT2D eigenvalue weighted by Crippen LogP contribution is 2.30. The molecule has 0 fully saturated rings. The molecular formula is C13H14Cl2N2O. The van der Waals surface area contributed by atoms with Gasteiger partial charge in [0.25, 0.3) is 0 Å². The van der Waals surface area contributed by atoms with E-state index in [0.29, 0.717) is 22.2 Å². The summed E-state index contributed by atoms with van der Waals surface area (Å²) >= 11 is 11.9. The number of aromatic nitrogens is 2. The van der Waals surface area contributed by atoms with Gasteiger partial charge in [-0.1, -0.05) is 35.3 Å². The van der Waals surface area contributed by atoms with E-state index in [4.69, 9.17) is 23.2 Å². The van der Waals surface area contributed by atoms with Crippen molar-refractivity contribution in [2.75, 3.05) is 0 Å². The molecule has 1 aromatic heterocycles. The maximum Gasteiger partial charge on any atom is 0.109 e. The van der Waals surface area contributed by atoms with Gasteiger partial charge < -0.3 is 5.11 Å². The lowest BCUT2D eigenvalue weighted by Crippen LogP contribution is -2.27. The molecule has 0 bridgehead atoms. The monoisotopic (exact) mass is 284 g/mol. The number of halogens is 2. The van der Waals surface area contributed by atoms with E-state index < -0.39 is 5.60 Å². The molecule has 3 nitrogen and oxygen atoms in total. The zero-order chi connectivity index (χ0) is 13.3. The van der Waals surface area contributed by atoms with Crippen LogP contribution in [0.25, 0.3) is 0 Å². The summed E-state index contributed by atoms with van der Waals surface area (Å²) in [5.41, 5.74) is 0.525. The summed E-state index contributed by atoms with van der Waals surface area (Å²) in [4.78, 5) is 0. The standard InChI is InChI=1S/C13H14Cl2N2O/c1-13(18,12-11(15)8-16-17(12)2)7-9-3-5-10(14)6-4-9/h3-6,8,18H,7H2,1-2H3. The van der Waals surface area contributed by atoms with Crippen LogP contribution in [0.2, 0.25) is 10.0 Å². The Kier molecular flexibility index (Phi) is 3.66. The molecular weight excluding hydrogens is 271 g/mol. The predicted octanol–water partition coefficient (Wildman–Crippen LogP) is 3.18. The number of hydrogen-bond donors (Lipinski definition) is 1. The Hall–Kier alpha value is -1.03. The molecule has 1 heterocycles. The normalized spacial score (nSPS) is 14.5. The molecule has 0 saturated carbocycles. The molecule has 1 N–H and O–H groups in total. The maximum absolute atomic E-state index is 10.6. The predicted molar refractivity (Wildman–Crippen MR) is 72.9 cm³/mol. The molecule has 0 aliphatic carbocycles. The molecule has 5 heteroatoms. The average molecular weight is 285 g/mol. The Labute approximate surface area is 116 Å². The van der Waals surface area contributed by atoms with Gasteiger partial charge in [0.15, 0.2) is 0 Å². The van der Waals surface area contributed by atoms with E-state index in [-0.39, 0.29) is 0 Å². The first-order chi connectivity index (χ1) is 8.40. The van der Waals surface area contributed by atoms with Gasteiger partial charge in [0.05, 0.1) is 16.9 Å². The van der Waals surface area contributed by atoms with Gasteiger partial charge >= 0.3 is 0 Å². The average Bonchev–Trinajstić information content (AvgIpc) is 2.62. The zero-order valence-electron chi connectivity index (χ0n) is 10.2. The van der Waals surface area contributed by atoms with Crippen molar-refractivity contribution < 1.29 is 5.11 Å². The van der Waals surface area contributed by atoms with Gasteiger partial charge in [0, 0.05) is 18.5 Å². The van der Waals surface area contributed by atoms with Crippen LogP contribution in [0.15, 0.2) is 30.5 Å². The van der Waals surface area contributed by atoms with Gasteiger partial charge in [-0.05, 0) is 24.6 Å². The third-order valence-electron chi connectivity index (χ3n) is 2.87. The van der Waals surface area contributed by atoms with Crippen molar-refractivity contribution in [3.05, 3.63) is 51.8 Å². The summed E-state index contributed by atoms with van der Waals surface area (Å²) in [7, 11) is 1.76. The fourth-order valence-electron chi connectivity index (χ4n) is 2.10. The van der Waals surface area contributed by atoms with Crippen LogP contribution < -0.4 is 0 Å². The molecule has 0 saturated heterocycles. The van der Waals surface area contributed by atoms with Gasteiger partial charge in [-0.2, -0.15) is 5.10 Å². The van der Waals surface area contributed by atoms with Gasteiger partial charge in [0.2, 0.25) is 0 Å². The number of hydrogen-bond acceptors (Lipinski definition) is 2. The molecule has 1 atom stereocenters. The second-order valence-corrected chi connectivity index (χ2v) is 5.39. The minimum Gasteiger partial charge on any atom is -0.383 e. The largest absolute Gasteiger partial charge is 0.383 e. The number of benzene rings is 1. The summed E-state index contributed by atoms with van der Waals surface area (Å²) < 4.78 is 1.60. The molecule has 0 spiro atoms. The summed E-state index contributed by atoms with van der Waals surface area (Å²) in [6, 6.07) is 7.39. The molecule has 96 valence electrons. The van der Waals surface area contributed by atoms with Crippen molar-refractivity contribution in [1.82, 2.24) is 9.78 Å². The second-order valence-electron chi connectivity index (χ2n) is 4.54. The van der Waals surface area contributed by atoms with Crippen LogP contribution in [0, 0.1) is 0 Å². The van der Waals surface area contributed by atoms with E-state index in [1.807, 2.05) is 12.1 Å². The van der Waals surface area contributed by atoms with E-state index >= 15 is 0 Å². The van der Waals surface area contributed by atoms with Crippen LogP contribution in [-0.2, 0) is 19.1 Å². The minimum absolute atomic E-state index is 0.448. The quantitative estimate of drug-likeness (QED) is 0.940. The van der Waals surface area contributed by atoms with Crippen molar-refractivity contribution in [2.24, 2.45) is 7.05 Å². The molecule has 0 amide bonds. The van der Waals surface area contributed by atoms with E-state index in [0.717, 1.165) is 5.56 Å². The van der Waals surface area contributed by atoms with E-state index in [9.17, 15) is 5.11 Å². The van der Waals surface area contributed by atoms with Crippen LogP contribution in [0.1, 0.15) is 18.2 Å². The Morgan fingerprint density at radius 1 is 1.28 bits per heavy atom. The Morgan fingerprint density at radius 2 is 1.89 bits per heavy atom. The van der Waals surface area contributed by atoms with Crippen molar-refractivity contribution in [3.63, 3.8) is 0 Å². The molecule has 0 aliphatic rings. The SMILES string of the molecule is Cn1ncc(Cl)c1C(C)(O)Cc1ccc(Cl)cc1. The van der Waals surface area contributed by atoms with Crippen LogP contribution in [-0.4, -0.2) is 14.9 Å². The minimum atomic E-state index is -1.07. The summed E-state index contributed by atoms with van der Waals surface area (Å²) in [5.74, 6) is 0. The molecule has 2 aromatic rings. The zero-order valence-corrected chi connectivity index (χ0v) is 11.7. The second kappa shape index (κ2) is 4.92. The summed E-state index contributed by atoms with van der Waals surface area (Å²) in [6.45, 7) is 1.73. The van der Waals surface area contributed by atoms with E-state index in [1.165, 1.54) is 6.20 Å². The van der Waals surface area contributed by atoms with Crippen molar-refractivity contribution >= 4 is 23.2 Å². The molecule has 1 unspecified atom stereocenters. The third-order valence-corrected chi connectivity index (χ3v) is 3.39. The summed E-state index contributed by atoms with van der Waals surface area (Å²) in [6.07, 6.45) is 1.98. The highest BCUT2D eigenvalue weighted by Gasteiger charge is 2.29. The fourth-order valence-corrected chi connectivity index (χ4v) is 2.60. The number of nitrogens with zero attached hydrogens (tertiary/aromatic N) is 2. The first-order valence-corrected chi connectivity index (χ1v) is 6.30. The summed E-state index contributed by atoms with van der Waals surface area (Å²) in [5, 5.41) is 15.8.